The molecule has 1 aliphatic heterocycles. The summed E-state index contributed by atoms with van der Waals surface area (Å²) in [6.07, 6.45) is 0. The summed E-state index contributed by atoms with van der Waals surface area (Å²) in [6.45, 7) is 0. The van der Waals surface area contributed by atoms with Crippen LogP contribution in [0, 0.1) is 0 Å². The Labute approximate surface area is 218 Å². The number of benzene rings is 6. The monoisotopic (exact) mass is 480 g/mol. The lowest BCUT2D eigenvalue weighted by Gasteiger charge is -2.23. The highest BCUT2D eigenvalue weighted by Crippen LogP contribution is 2.50. The molecule has 0 unspecified atom stereocenters. The lowest BCUT2D eigenvalue weighted by atomic mass is 9.87. The minimum absolute atomic E-state index is 0.0409. The molecule has 2 heteroatoms. The molecule has 1 nitrogen and oxygen atoms in total. The molecule has 0 spiro atoms. The molecule has 36 heavy (non-hydrogen) atoms. The number of para-hydroxylation sites is 1. The zero-order chi connectivity index (χ0) is 27.1. The molecule has 1 aliphatic rings. The third kappa shape index (κ3) is 2.76. The van der Waals surface area contributed by atoms with Gasteiger partial charge in [-0.2, -0.15) is 0 Å². The van der Waals surface area contributed by atoms with E-state index < -0.39 is 0 Å². The van der Waals surface area contributed by atoms with Crippen LogP contribution in [0.3, 0.4) is 0 Å². The lowest BCUT2D eigenvalue weighted by Crippen LogP contribution is -1.98. The molecule has 168 valence electrons. The molecular formula is C34H20OS. The fraction of sp³-hybridized carbons (Fsp3) is 0. The summed E-state index contributed by atoms with van der Waals surface area (Å²) in [6, 6.07) is 31.6. The van der Waals surface area contributed by atoms with Crippen LogP contribution in [0.2, 0.25) is 0 Å². The van der Waals surface area contributed by atoms with Crippen molar-refractivity contribution in [3.8, 4) is 44.9 Å². The van der Waals surface area contributed by atoms with Gasteiger partial charge in [0.25, 0.3) is 0 Å². The summed E-state index contributed by atoms with van der Waals surface area (Å²) >= 11 is 1.69. The number of ether oxygens (including phenoxy) is 1. The highest BCUT2D eigenvalue weighted by molar-refractivity contribution is 7.25. The van der Waals surface area contributed by atoms with Gasteiger partial charge in [0.1, 0.15) is 11.5 Å². The molecular weight excluding hydrogens is 456 g/mol. The van der Waals surface area contributed by atoms with Crippen molar-refractivity contribution in [3.05, 3.63) is 121 Å². The van der Waals surface area contributed by atoms with Gasteiger partial charge in [0.2, 0.25) is 0 Å². The molecule has 2 heterocycles. The van der Waals surface area contributed by atoms with Gasteiger partial charge in [-0.1, -0.05) is 97.0 Å². The van der Waals surface area contributed by atoms with Crippen LogP contribution < -0.4 is 4.74 Å². The van der Waals surface area contributed by atoms with Crippen molar-refractivity contribution in [1.82, 2.24) is 0 Å². The quantitative estimate of drug-likeness (QED) is 0.239. The maximum atomic E-state index is 9.13. The predicted molar refractivity (Wildman–Crippen MR) is 153 cm³/mol. The number of fused-ring (bicyclic) bond motifs is 5. The van der Waals surface area contributed by atoms with Gasteiger partial charge in [-0.15, -0.1) is 11.3 Å². The topological polar surface area (TPSA) is 9.23 Å². The van der Waals surface area contributed by atoms with E-state index in [1.54, 1.807) is 11.3 Å². The fourth-order valence-corrected chi connectivity index (χ4v) is 6.63. The predicted octanol–water partition coefficient (Wildman–Crippen LogP) is 10.3. The van der Waals surface area contributed by atoms with E-state index in [0.717, 1.165) is 64.7 Å². The van der Waals surface area contributed by atoms with Crippen LogP contribution in [0.15, 0.2) is 121 Å². The van der Waals surface area contributed by atoms with Gasteiger partial charge in [0.15, 0.2) is 0 Å². The van der Waals surface area contributed by atoms with Crippen molar-refractivity contribution in [1.29, 1.82) is 0 Å². The van der Waals surface area contributed by atoms with Crippen LogP contribution in [-0.2, 0) is 0 Å². The number of hydrogen-bond donors (Lipinski definition) is 0. The standard InChI is InChI=1S/C34H20OS/c1-2-10-22(26-15-8-18-32-34(26)28-12-4-6-17-31(28)36-32)21(9-1)23-19-20-30-33-25(23)13-7-14-27(33)24-11-3-5-16-29(24)35-30/h1-20H/i1D,2D,9D,10D. The number of rotatable bonds is 2. The molecule has 0 saturated heterocycles. The molecule has 0 saturated carbocycles. The third-order valence-electron chi connectivity index (χ3n) is 7.03. The van der Waals surface area contributed by atoms with Crippen LogP contribution in [0.5, 0.6) is 11.5 Å². The average Bonchev–Trinajstić information content (AvgIpc) is 3.38. The Hall–Kier alpha value is -4.40. The summed E-state index contributed by atoms with van der Waals surface area (Å²) in [5, 5.41) is 3.92. The Kier molecular flexibility index (Phi) is 3.42. The Balaban J connectivity index is 1.52. The van der Waals surface area contributed by atoms with Crippen molar-refractivity contribution in [2.24, 2.45) is 0 Å². The summed E-state index contributed by atoms with van der Waals surface area (Å²) in [4.78, 5) is 0. The van der Waals surface area contributed by atoms with Crippen LogP contribution in [0.4, 0.5) is 0 Å². The van der Waals surface area contributed by atoms with Crippen LogP contribution in [0.25, 0.3) is 64.3 Å². The fourth-order valence-electron chi connectivity index (χ4n) is 5.50. The van der Waals surface area contributed by atoms with Crippen molar-refractivity contribution < 1.29 is 10.2 Å². The molecule has 0 radical (unpaired) electrons. The highest BCUT2D eigenvalue weighted by Gasteiger charge is 2.22. The van der Waals surface area contributed by atoms with E-state index in [1.807, 2.05) is 72.8 Å². The molecule has 1 aromatic heterocycles. The van der Waals surface area contributed by atoms with Crippen LogP contribution >= 0.6 is 11.3 Å². The van der Waals surface area contributed by atoms with E-state index in [2.05, 4.69) is 24.3 Å². The number of thiophene rings is 1. The van der Waals surface area contributed by atoms with Crippen molar-refractivity contribution in [3.63, 3.8) is 0 Å². The second-order valence-electron chi connectivity index (χ2n) is 8.96. The zero-order valence-electron chi connectivity index (χ0n) is 23.1. The second-order valence-corrected chi connectivity index (χ2v) is 10.0. The Morgan fingerprint density at radius 2 is 1.14 bits per heavy atom. The average molecular weight is 481 g/mol. The van der Waals surface area contributed by atoms with Crippen molar-refractivity contribution in [2.75, 3.05) is 0 Å². The molecule has 0 N–H and O–H groups in total. The van der Waals surface area contributed by atoms with Gasteiger partial charge >= 0.3 is 0 Å². The third-order valence-corrected chi connectivity index (χ3v) is 8.16. The first kappa shape index (κ1) is 16.3. The summed E-state index contributed by atoms with van der Waals surface area (Å²) < 4.78 is 44.0. The van der Waals surface area contributed by atoms with Crippen molar-refractivity contribution >= 4 is 42.3 Å². The van der Waals surface area contributed by atoms with Crippen LogP contribution in [0.1, 0.15) is 5.48 Å². The second kappa shape index (κ2) is 7.55. The summed E-state index contributed by atoms with van der Waals surface area (Å²) in [7, 11) is 0. The van der Waals surface area contributed by atoms with Gasteiger partial charge in [-0.05, 0) is 57.5 Å². The largest absolute Gasteiger partial charge is 0.456 e. The molecule has 0 amide bonds. The molecule has 6 aromatic carbocycles. The van der Waals surface area contributed by atoms with E-state index >= 15 is 0 Å². The molecule has 0 bridgehead atoms. The van der Waals surface area contributed by atoms with Gasteiger partial charge in [0.05, 0.1) is 5.48 Å². The SMILES string of the molecule is [2H]c1c([2H])c([2H])c(-c2cccc3sc4ccccc4c23)c(-c2ccc3c4c(cccc24)-c2ccccc2O3)c1[2H]. The van der Waals surface area contributed by atoms with E-state index in [0.29, 0.717) is 11.1 Å². The number of hydrogen-bond acceptors (Lipinski definition) is 2. The molecule has 0 atom stereocenters. The van der Waals surface area contributed by atoms with Gasteiger partial charge in [-0.25, -0.2) is 0 Å². The maximum Gasteiger partial charge on any atom is 0.135 e. The first-order chi connectivity index (χ1) is 19.5. The summed E-state index contributed by atoms with van der Waals surface area (Å²) in [5.74, 6) is 1.54. The molecule has 7 aromatic rings. The normalized spacial score (nSPS) is 13.7. The van der Waals surface area contributed by atoms with Gasteiger partial charge in [-0.3, -0.25) is 0 Å². The molecule has 0 aliphatic carbocycles. The van der Waals surface area contributed by atoms with Gasteiger partial charge in [0, 0.05) is 31.1 Å². The zero-order valence-corrected chi connectivity index (χ0v) is 19.9. The Morgan fingerprint density at radius 1 is 0.472 bits per heavy atom. The van der Waals surface area contributed by atoms with E-state index in [-0.39, 0.29) is 24.2 Å². The maximum absolute atomic E-state index is 9.13. The highest BCUT2D eigenvalue weighted by atomic mass is 32.1. The van der Waals surface area contributed by atoms with Crippen LogP contribution in [-0.4, -0.2) is 0 Å². The van der Waals surface area contributed by atoms with E-state index in [4.69, 9.17) is 10.2 Å². The molecule has 0 fully saturated rings. The minimum atomic E-state index is -0.242. The first-order valence-corrected chi connectivity index (χ1v) is 12.7. The van der Waals surface area contributed by atoms with E-state index in [9.17, 15) is 0 Å². The minimum Gasteiger partial charge on any atom is -0.456 e. The molecule has 8 rings (SSSR count). The Bertz CT molecular complexity index is 2200. The van der Waals surface area contributed by atoms with Crippen molar-refractivity contribution in [2.45, 2.75) is 0 Å². The van der Waals surface area contributed by atoms with Gasteiger partial charge < -0.3 is 4.74 Å². The smallest absolute Gasteiger partial charge is 0.135 e. The van der Waals surface area contributed by atoms with E-state index in [1.165, 1.54) is 0 Å². The lowest BCUT2D eigenvalue weighted by molar-refractivity contribution is 0.487. The summed E-state index contributed by atoms with van der Waals surface area (Å²) in [5.41, 5.74) is 4.61. The Morgan fingerprint density at radius 3 is 2.06 bits per heavy atom. The first-order valence-electron chi connectivity index (χ1n) is 13.9.